The Labute approximate surface area is 302 Å². The van der Waals surface area contributed by atoms with E-state index < -0.39 is 53.9 Å². The molecule has 52 heavy (non-hydrogen) atoms. The van der Waals surface area contributed by atoms with Crippen LogP contribution in [0, 0.1) is 0 Å². The molecule has 5 unspecified atom stereocenters. The van der Waals surface area contributed by atoms with Crippen LogP contribution in [0.1, 0.15) is 34.3 Å². The molecule has 270 valence electrons. The molecule has 4 aromatic rings. The van der Waals surface area contributed by atoms with Crippen molar-refractivity contribution in [3.63, 3.8) is 0 Å². The van der Waals surface area contributed by atoms with E-state index in [0.717, 1.165) is 11.1 Å². The maximum Gasteiger partial charge on any atom is 0.258 e. The molecular formula is C40H43N5O7. The average Bonchev–Trinajstić information content (AvgIpc) is 3.21. The third kappa shape index (κ3) is 10.1. The smallest absolute Gasteiger partial charge is 0.258 e. The second kappa shape index (κ2) is 18.3. The van der Waals surface area contributed by atoms with E-state index in [0.29, 0.717) is 22.6 Å². The third-order valence-electron chi connectivity index (χ3n) is 8.66. The van der Waals surface area contributed by atoms with Gasteiger partial charge in [0.2, 0.25) is 17.7 Å². The first-order valence-corrected chi connectivity index (χ1v) is 16.9. The van der Waals surface area contributed by atoms with Gasteiger partial charge in [-0.15, -0.1) is 13.2 Å². The largest absolute Gasteiger partial charge is 0.484 e. The minimum absolute atomic E-state index is 0.0804. The lowest BCUT2D eigenvalue weighted by Crippen LogP contribution is -2.55. The fraction of sp³-hybridized carbons (Fsp3) is 0.250. The molecule has 0 aromatic heterocycles. The number of carbonyl (C=O) groups excluding carboxylic acids is 4. The van der Waals surface area contributed by atoms with Gasteiger partial charge in [-0.2, -0.15) is 0 Å². The summed E-state index contributed by atoms with van der Waals surface area (Å²) in [6, 6.07) is 28.3. The Morgan fingerprint density at radius 3 is 1.79 bits per heavy atom. The summed E-state index contributed by atoms with van der Waals surface area (Å²) >= 11 is 0. The lowest BCUT2D eigenvalue weighted by molar-refractivity contribution is -0.131. The molecule has 0 radical (unpaired) electrons. The van der Waals surface area contributed by atoms with Gasteiger partial charge >= 0.3 is 0 Å². The van der Waals surface area contributed by atoms with E-state index in [-0.39, 0.29) is 32.7 Å². The van der Waals surface area contributed by atoms with Crippen LogP contribution in [0.3, 0.4) is 0 Å². The van der Waals surface area contributed by atoms with Crippen molar-refractivity contribution in [1.29, 1.82) is 0 Å². The van der Waals surface area contributed by atoms with Gasteiger partial charge in [-0.1, -0.05) is 84.9 Å². The molecule has 0 spiro atoms. The first-order valence-electron chi connectivity index (χ1n) is 16.9. The van der Waals surface area contributed by atoms with E-state index in [9.17, 15) is 24.3 Å². The van der Waals surface area contributed by atoms with Gasteiger partial charge in [0.1, 0.15) is 23.6 Å². The number of hydrogen-bond acceptors (Lipinski definition) is 8. The fourth-order valence-electron chi connectivity index (χ4n) is 5.92. The van der Waals surface area contributed by atoms with Gasteiger partial charge in [0.15, 0.2) is 13.3 Å². The number of aliphatic hydroxyl groups excluding tert-OH is 1. The van der Waals surface area contributed by atoms with Crippen molar-refractivity contribution < 1.29 is 33.8 Å². The number of fused-ring (bicyclic) bond motifs is 20. The SMILES string of the molecule is C=C.O=C1COc2ccc(cc2)CC(C(O)CNC2Cc3ccc(cc3)OCNC(=O)C(c3ccccc3)NC2=O)NC(=O)C(c2ccccc2)N1. The monoisotopic (exact) mass is 705 g/mol. The van der Waals surface area contributed by atoms with Crippen molar-refractivity contribution in [3.05, 3.63) is 145 Å². The van der Waals surface area contributed by atoms with Crippen molar-refractivity contribution in [1.82, 2.24) is 26.6 Å². The zero-order valence-electron chi connectivity index (χ0n) is 28.6. The van der Waals surface area contributed by atoms with Crippen LogP contribution in [0.15, 0.2) is 122 Å². The zero-order chi connectivity index (χ0) is 36.9. The van der Waals surface area contributed by atoms with E-state index >= 15 is 0 Å². The minimum Gasteiger partial charge on any atom is -0.484 e. The Balaban J connectivity index is 0.00000257. The Morgan fingerprint density at radius 1 is 0.654 bits per heavy atom. The van der Waals surface area contributed by atoms with Crippen LogP contribution < -0.4 is 36.1 Å². The van der Waals surface area contributed by atoms with E-state index in [1.54, 1.807) is 72.8 Å². The molecule has 0 fully saturated rings. The molecule has 0 aliphatic carbocycles. The highest BCUT2D eigenvalue weighted by Gasteiger charge is 2.31. The van der Waals surface area contributed by atoms with Crippen LogP contribution in [0.5, 0.6) is 11.5 Å². The molecule has 4 bridgehead atoms. The van der Waals surface area contributed by atoms with Crippen LogP contribution in [0.25, 0.3) is 0 Å². The predicted octanol–water partition coefficient (Wildman–Crippen LogP) is 2.65. The number of rotatable bonds is 6. The molecular weight excluding hydrogens is 662 g/mol. The Morgan fingerprint density at radius 2 is 1.19 bits per heavy atom. The van der Waals surface area contributed by atoms with Crippen molar-refractivity contribution in [3.8, 4) is 11.5 Å². The quantitative estimate of drug-likeness (QED) is 0.132. The molecule has 12 heteroatoms. The van der Waals surface area contributed by atoms with Gasteiger partial charge in [0, 0.05) is 6.54 Å². The van der Waals surface area contributed by atoms with E-state index in [1.807, 2.05) is 36.4 Å². The maximum atomic E-state index is 13.9. The summed E-state index contributed by atoms with van der Waals surface area (Å²) < 4.78 is 11.3. The zero-order valence-corrected chi connectivity index (χ0v) is 28.6. The van der Waals surface area contributed by atoms with Crippen LogP contribution in [0.2, 0.25) is 0 Å². The molecule has 4 heterocycles. The number of carbonyl (C=O) groups is 4. The summed E-state index contributed by atoms with van der Waals surface area (Å²) in [6.45, 7) is 5.55. The number of nitrogens with one attached hydrogen (secondary N) is 5. The first-order chi connectivity index (χ1) is 25.3. The van der Waals surface area contributed by atoms with Gasteiger partial charge in [0.05, 0.1) is 18.2 Å². The van der Waals surface area contributed by atoms with E-state index in [1.165, 1.54) is 0 Å². The molecule has 5 atom stereocenters. The lowest BCUT2D eigenvalue weighted by Gasteiger charge is -2.29. The molecule has 0 saturated carbocycles. The Hall–Kier alpha value is -5.98. The average molecular weight is 706 g/mol. The van der Waals surface area contributed by atoms with E-state index in [2.05, 4.69) is 39.7 Å². The topological polar surface area (TPSA) is 167 Å². The first kappa shape index (κ1) is 37.3. The summed E-state index contributed by atoms with van der Waals surface area (Å²) in [5, 5.41) is 26.1. The normalized spacial score (nSPS) is 21.4. The molecule has 4 amide bonds. The van der Waals surface area contributed by atoms with Crippen LogP contribution >= 0.6 is 0 Å². The maximum absolute atomic E-state index is 13.9. The van der Waals surface area contributed by atoms with Gasteiger partial charge in [0.25, 0.3) is 5.91 Å². The second-order valence-corrected chi connectivity index (χ2v) is 12.2. The van der Waals surface area contributed by atoms with Crippen LogP contribution in [0.4, 0.5) is 0 Å². The molecule has 4 aliphatic rings. The summed E-state index contributed by atoms with van der Waals surface area (Å²) in [5.41, 5.74) is 2.80. The van der Waals surface area contributed by atoms with Crippen molar-refractivity contribution in [2.24, 2.45) is 0 Å². The van der Waals surface area contributed by atoms with Crippen molar-refractivity contribution in [2.75, 3.05) is 19.9 Å². The third-order valence-corrected chi connectivity index (χ3v) is 8.66. The van der Waals surface area contributed by atoms with Crippen molar-refractivity contribution >= 4 is 23.6 Å². The number of hydrogen-bond donors (Lipinski definition) is 6. The van der Waals surface area contributed by atoms with E-state index in [4.69, 9.17) is 9.47 Å². The highest BCUT2D eigenvalue weighted by atomic mass is 16.5. The van der Waals surface area contributed by atoms with Gasteiger partial charge in [-0.05, 0) is 59.4 Å². The fourth-order valence-corrected chi connectivity index (χ4v) is 5.92. The molecule has 4 aliphatic heterocycles. The Kier molecular flexibility index (Phi) is 13.1. The van der Waals surface area contributed by atoms with Gasteiger partial charge < -0.3 is 41.2 Å². The van der Waals surface area contributed by atoms with Crippen LogP contribution in [-0.2, 0) is 32.0 Å². The van der Waals surface area contributed by atoms with Crippen molar-refractivity contribution in [2.45, 2.75) is 43.1 Å². The summed E-state index contributed by atoms with van der Waals surface area (Å²) in [5.74, 6) is -0.843. The molecule has 12 nitrogen and oxygen atoms in total. The Bertz CT molecular complexity index is 1790. The summed E-state index contributed by atoms with van der Waals surface area (Å²) in [7, 11) is 0. The molecule has 8 rings (SSSR count). The number of ether oxygens (including phenoxy) is 2. The highest BCUT2D eigenvalue weighted by molar-refractivity contribution is 5.91. The van der Waals surface area contributed by atoms with Crippen LogP contribution in [-0.4, -0.2) is 66.8 Å². The summed E-state index contributed by atoms with van der Waals surface area (Å²) in [6.07, 6.45) is -0.685. The summed E-state index contributed by atoms with van der Waals surface area (Å²) in [4.78, 5) is 53.8. The number of amides is 4. The molecule has 6 N–H and O–H groups in total. The molecule has 4 aromatic carbocycles. The lowest BCUT2D eigenvalue weighted by atomic mass is 9.98. The highest BCUT2D eigenvalue weighted by Crippen LogP contribution is 2.20. The predicted molar refractivity (Wildman–Crippen MR) is 195 cm³/mol. The minimum atomic E-state index is -1.17. The number of benzene rings is 4. The standard InChI is InChI=1S/C38H39N5O7.C2H4/c44-32(30-19-24-11-15-28(16-12-24)49-22-33(45)42-35(38(48)41-30)27-9-5-2-6-10-27)21-39-31-20-25-13-17-29(18-14-25)50-23-40-37(47)34(43-36(31)46)26-7-3-1-4-8-26;1-2/h1-18,30-32,34-35,39,44H,19-23H2,(H,40,47)(H,41,48)(H,42,45)(H,43,46);1-2H2. The van der Waals surface area contributed by atoms with Gasteiger partial charge in [-0.25, -0.2) is 0 Å². The van der Waals surface area contributed by atoms with Gasteiger partial charge in [-0.3, -0.25) is 19.2 Å². The number of aliphatic hydroxyl groups is 1. The molecule has 0 saturated heterocycles. The second-order valence-electron chi connectivity index (χ2n) is 12.2.